The SMILES string of the molecule is C[C@H](O)Cc1nnc(SCC(=O)n2c3c(c4c2CCCC4)CCCC3)n1C. The van der Waals surface area contributed by atoms with Crippen LogP contribution in [0.5, 0.6) is 0 Å². The van der Waals surface area contributed by atoms with Crippen molar-refractivity contribution in [3.05, 3.63) is 28.3 Å². The van der Waals surface area contributed by atoms with Gasteiger partial charge in [0.25, 0.3) is 0 Å². The van der Waals surface area contributed by atoms with E-state index in [4.69, 9.17) is 0 Å². The van der Waals surface area contributed by atoms with Crippen molar-refractivity contribution in [3.8, 4) is 0 Å². The van der Waals surface area contributed by atoms with Crippen LogP contribution in [-0.4, -0.2) is 42.2 Å². The Kier molecular flexibility index (Phi) is 5.41. The molecule has 0 bridgehead atoms. The fourth-order valence-corrected chi connectivity index (χ4v) is 5.27. The van der Waals surface area contributed by atoms with E-state index in [1.54, 1.807) is 6.92 Å². The Bertz CT molecular complexity index is 819. The first-order valence-corrected chi connectivity index (χ1v) is 11.0. The average molecular weight is 389 g/mol. The standard InChI is InChI=1S/C20H28N4O2S/c1-13(25)11-18-21-22-20(23(18)2)27-12-19(26)24-16-9-5-3-7-14(16)15-8-4-6-10-17(15)24/h13,25H,3-12H2,1-2H3/t13-/m0/s1. The van der Waals surface area contributed by atoms with E-state index in [0.29, 0.717) is 12.2 Å². The first-order valence-electron chi connectivity index (χ1n) is 10.0. The van der Waals surface area contributed by atoms with Crippen molar-refractivity contribution in [1.29, 1.82) is 0 Å². The zero-order valence-electron chi connectivity index (χ0n) is 16.2. The lowest BCUT2D eigenvalue weighted by atomic mass is 9.89. The Labute approximate surface area is 164 Å². The van der Waals surface area contributed by atoms with Crippen LogP contribution in [0.25, 0.3) is 0 Å². The molecule has 0 radical (unpaired) electrons. The maximum atomic E-state index is 13.2. The van der Waals surface area contributed by atoms with E-state index in [1.165, 1.54) is 60.0 Å². The van der Waals surface area contributed by atoms with Gasteiger partial charge in [0.15, 0.2) is 5.16 Å². The highest BCUT2D eigenvalue weighted by atomic mass is 32.2. The number of thioether (sulfide) groups is 1. The largest absolute Gasteiger partial charge is 0.393 e. The van der Waals surface area contributed by atoms with E-state index >= 15 is 0 Å². The lowest BCUT2D eigenvalue weighted by Crippen LogP contribution is -2.21. The molecule has 0 fully saturated rings. The average Bonchev–Trinajstić information content (AvgIpc) is 3.18. The van der Waals surface area contributed by atoms with Gasteiger partial charge in [-0.25, -0.2) is 0 Å². The van der Waals surface area contributed by atoms with Gasteiger partial charge < -0.3 is 9.67 Å². The Hall–Kier alpha value is -1.60. The molecule has 0 unspecified atom stereocenters. The number of aliphatic hydroxyl groups excluding tert-OH is 1. The molecule has 0 saturated carbocycles. The summed E-state index contributed by atoms with van der Waals surface area (Å²) in [5.41, 5.74) is 5.53. The third-order valence-electron chi connectivity index (χ3n) is 5.76. The lowest BCUT2D eigenvalue weighted by Gasteiger charge is -2.16. The smallest absolute Gasteiger partial charge is 0.241 e. The summed E-state index contributed by atoms with van der Waals surface area (Å²) >= 11 is 1.44. The molecule has 0 aliphatic heterocycles. The molecule has 2 aromatic heterocycles. The Morgan fingerprint density at radius 3 is 2.26 bits per heavy atom. The van der Waals surface area contributed by atoms with Crippen LogP contribution in [0.3, 0.4) is 0 Å². The molecule has 1 N–H and O–H groups in total. The third kappa shape index (κ3) is 3.59. The molecule has 0 saturated heterocycles. The highest BCUT2D eigenvalue weighted by Gasteiger charge is 2.29. The second-order valence-corrected chi connectivity index (χ2v) is 8.74. The van der Waals surface area contributed by atoms with Crippen LogP contribution < -0.4 is 0 Å². The maximum absolute atomic E-state index is 13.2. The van der Waals surface area contributed by atoms with Gasteiger partial charge in [0.1, 0.15) is 5.82 Å². The minimum absolute atomic E-state index is 0.168. The molecule has 146 valence electrons. The summed E-state index contributed by atoms with van der Waals surface area (Å²) in [5.74, 6) is 1.28. The molecule has 1 atom stereocenters. The number of nitrogens with zero attached hydrogens (tertiary/aromatic N) is 4. The van der Waals surface area contributed by atoms with E-state index in [0.717, 1.165) is 36.7 Å². The Morgan fingerprint density at radius 2 is 1.67 bits per heavy atom. The van der Waals surface area contributed by atoms with Crippen molar-refractivity contribution in [2.45, 2.75) is 76.0 Å². The molecule has 2 heterocycles. The molecule has 27 heavy (non-hydrogen) atoms. The Morgan fingerprint density at radius 1 is 1.07 bits per heavy atom. The van der Waals surface area contributed by atoms with E-state index in [-0.39, 0.29) is 5.91 Å². The second kappa shape index (κ2) is 7.80. The predicted octanol–water partition coefficient (Wildman–Crippen LogP) is 2.73. The summed E-state index contributed by atoms with van der Waals surface area (Å²) in [6.45, 7) is 1.74. The van der Waals surface area contributed by atoms with Crippen LogP contribution in [0, 0.1) is 0 Å². The molecule has 2 aliphatic rings. The minimum Gasteiger partial charge on any atom is -0.393 e. The van der Waals surface area contributed by atoms with Gasteiger partial charge in [0.05, 0.1) is 11.9 Å². The highest BCUT2D eigenvalue weighted by Crippen LogP contribution is 2.35. The zero-order chi connectivity index (χ0) is 19.0. The normalized spacial score (nSPS) is 17.4. The van der Waals surface area contributed by atoms with Crippen LogP contribution >= 0.6 is 11.8 Å². The summed E-state index contributed by atoms with van der Waals surface area (Å²) in [5, 5.41) is 18.6. The minimum atomic E-state index is -0.453. The van der Waals surface area contributed by atoms with Gasteiger partial charge in [0.2, 0.25) is 5.91 Å². The quantitative estimate of drug-likeness (QED) is 0.798. The van der Waals surface area contributed by atoms with Gasteiger partial charge in [-0.1, -0.05) is 11.8 Å². The summed E-state index contributed by atoms with van der Waals surface area (Å²) in [6.07, 6.45) is 9.21. The number of rotatable bonds is 5. The van der Waals surface area contributed by atoms with E-state index in [9.17, 15) is 9.90 Å². The zero-order valence-corrected chi connectivity index (χ0v) is 17.0. The number of aliphatic hydroxyl groups is 1. The van der Waals surface area contributed by atoms with Gasteiger partial charge >= 0.3 is 0 Å². The predicted molar refractivity (Wildman–Crippen MR) is 105 cm³/mol. The van der Waals surface area contributed by atoms with E-state index < -0.39 is 6.10 Å². The van der Waals surface area contributed by atoms with E-state index in [1.807, 2.05) is 11.6 Å². The van der Waals surface area contributed by atoms with E-state index in [2.05, 4.69) is 14.8 Å². The van der Waals surface area contributed by atoms with Gasteiger partial charge in [-0.05, 0) is 69.4 Å². The van der Waals surface area contributed by atoms with Gasteiger partial charge in [0, 0.05) is 24.9 Å². The van der Waals surface area contributed by atoms with Crippen LogP contribution in [0.1, 0.15) is 65.7 Å². The monoisotopic (exact) mass is 388 g/mol. The molecule has 0 aromatic carbocycles. The molecular formula is C20H28N4O2S. The van der Waals surface area contributed by atoms with Crippen molar-refractivity contribution < 1.29 is 9.90 Å². The number of hydrogen-bond donors (Lipinski definition) is 1. The Balaban J connectivity index is 1.54. The van der Waals surface area contributed by atoms with Crippen LogP contribution in [0.4, 0.5) is 0 Å². The molecule has 4 rings (SSSR count). The number of fused-ring (bicyclic) bond motifs is 3. The molecular weight excluding hydrogens is 360 g/mol. The van der Waals surface area contributed by atoms with Crippen molar-refractivity contribution in [3.63, 3.8) is 0 Å². The third-order valence-corrected chi connectivity index (χ3v) is 6.76. The fourth-order valence-electron chi connectivity index (χ4n) is 4.49. The first-order chi connectivity index (χ1) is 13.1. The van der Waals surface area contributed by atoms with Gasteiger partial charge in [-0.3, -0.25) is 9.36 Å². The van der Waals surface area contributed by atoms with Crippen LogP contribution in [-0.2, 0) is 39.2 Å². The molecule has 0 spiro atoms. The number of aromatic nitrogens is 4. The van der Waals surface area contributed by atoms with Crippen LogP contribution in [0.2, 0.25) is 0 Å². The number of carbonyl (C=O) groups is 1. The van der Waals surface area contributed by atoms with Crippen molar-refractivity contribution >= 4 is 17.7 Å². The molecule has 7 heteroatoms. The first kappa shape index (κ1) is 18.7. The number of carbonyl (C=O) groups excluding carboxylic acids is 1. The van der Waals surface area contributed by atoms with Crippen LogP contribution in [0.15, 0.2) is 5.16 Å². The molecule has 2 aromatic rings. The van der Waals surface area contributed by atoms with Gasteiger partial charge in [-0.2, -0.15) is 0 Å². The highest BCUT2D eigenvalue weighted by molar-refractivity contribution is 7.99. The van der Waals surface area contributed by atoms with Crippen molar-refractivity contribution in [2.75, 3.05) is 5.75 Å². The summed E-state index contributed by atoms with van der Waals surface area (Å²) in [6, 6.07) is 0. The van der Waals surface area contributed by atoms with Crippen molar-refractivity contribution in [1.82, 2.24) is 19.3 Å². The summed E-state index contributed by atoms with van der Waals surface area (Å²) < 4.78 is 3.94. The summed E-state index contributed by atoms with van der Waals surface area (Å²) in [7, 11) is 1.89. The summed E-state index contributed by atoms with van der Waals surface area (Å²) in [4.78, 5) is 13.2. The van der Waals surface area contributed by atoms with Crippen molar-refractivity contribution in [2.24, 2.45) is 7.05 Å². The molecule has 0 amide bonds. The molecule has 2 aliphatic carbocycles. The second-order valence-electron chi connectivity index (χ2n) is 7.79. The lowest BCUT2D eigenvalue weighted by molar-refractivity contribution is 0.0934. The molecule has 6 nitrogen and oxygen atoms in total. The topological polar surface area (TPSA) is 72.9 Å². The van der Waals surface area contributed by atoms with Gasteiger partial charge in [-0.15, -0.1) is 10.2 Å². The number of hydrogen-bond acceptors (Lipinski definition) is 5. The maximum Gasteiger partial charge on any atom is 0.241 e. The fraction of sp³-hybridized carbons (Fsp3) is 0.650.